The summed E-state index contributed by atoms with van der Waals surface area (Å²) in [5.41, 5.74) is 1.60. The van der Waals surface area contributed by atoms with E-state index in [4.69, 9.17) is 16.3 Å². The van der Waals surface area contributed by atoms with Crippen LogP contribution in [0.2, 0.25) is 5.02 Å². The Balaban J connectivity index is 1.16. The van der Waals surface area contributed by atoms with Gasteiger partial charge in [-0.05, 0) is 43.4 Å². The molecule has 9 heteroatoms. The van der Waals surface area contributed by atoms with E-state index < -0.39 is 0 Å². The third kappa shape index (κ3) is 4.65. The molecule has 0 spiro atoms. The van der Waals surface area contributed by atoms with E-state index in [1.807, 2.05) is 23.1 Å². The van der Waals surface area contributed by atoms with Crippen LogP contribution in [-0.4, -0.2) is 88.9 Å². The Morgan fingerprint density at radius 1 is 1.12 bits per heavy atom. The van der Waals surface area contributed by atoms with Gasteiger partial charge in [0.15, 0.2) is 0 Å². The lowest BCUT2D eigenvalue weighted by molar-refractivity contribution is 0.0303. The van der Waals surface area contributed by atoms with Crippen LogP contribution >= 0.6 is 11.6 Å². The number of carbonyl (C=O) groups excluding carboxylic acids is 2. The molecule has 2 aliphatic heterocycles. The number of hydrogen-bond donors (Lipinski definition) is 0. The molecule has 2 saturated heterocycles. The summed E-state index contributed by atoms with van der Waals surface area (Å²) in [7, 11) is 2.16. The topological polar surface area (TPSA) is 70.9 Å². The van der Waals surface area contributed by atoms with Crippen LogP contribution in [0.1, 0.15) is 28.8 Å². The minimum absolute atomic E-state index is 0.0972. The molecule has 8 nitrogen and oxygen atoms in total. The lowest BCUT2D eigenvalue weighted by atomic mass is 10.0. The predicted octanol–water partition coefficient (Wildman–Crippen LogP) is 2.82. The molecule has 1 aromatic carbocycles. The normalized spacial score (nSPS) is 25.0. The first-order valence-corrected chi connectivity index (χ1v) is 12.0. The maximum Gasteiger partial charge on any atom is 0.344 e. The fourth-order valence-electron chi connectivity index (χ4n) is 5.44. The first-order chi connectivity index (χ1) is 16.0. The molecule has 1 aromatic heterocycles. The van der Waals surface area contributed by atoms with Crippen LogP contribution in [0.3, 0.4) is 0 Å². The summed E-state index contributed by atoms with van der Waals surface area (Å²) in [6.07, 6.45) is 5.21. The second kappa shape index (κ2) is 9.44. The van der Waals surface area contributed by atoms with Crippen LogP contribution in [-0.2, 0) is 11.3 Å². The first kappa shape index (κ1) is 22.4. The van der Waals surface area contributed by atoms with E-state index in [2.05, 4.69) is 23.1 Å². The fourth-order valence-corrected chi connectivity index (χ4v) is 5.64. The van der Waals surface area contributed by atoms with Crippen molar-refractivity contribution in [1.82, 2.24) is 24.5 Å². The van der Waals surface area contributed by atoms with Crippen molar-refractivity contribution in [1.29, 1.82) is 0 Å². The molecule has 1 aliphatic carbocycles. The summed E-state index contributed by atoms with van der Waals surface area (Å²) < 4.78 is 6.62. The van der Waals surface area contributed by atoms with Crippen molar-refractivity contribution in [3.63, 3.8) is 0 Å². The number of rotatable bonds is 4. The zero-order valence-electron chi connectivity index (χ0n) is 18.9. The number of halogens is 1. The van der Waals surface area contributed by atoms with Crippen molar-refractivity contribution in [2.75, 3.05) is 46.4 Å². The third-order valence-corrected chi connectivity index (χ3v) is 7.69. The van der Waals surface area contributed by atoms with Gasteiger partial charge < -0.3 is 14.5 Å². The van der Waals surface area contributed by atoms with Gasteiger partial charge in [-0.15, -0.1) is 0 Å². The van der Waals surface area contributed by atoms with Gasteiger partial charge in [0, 0.05) is 50.0 Å². The van der Waals surface area contributed by atoms with E-state index in [0.29, 0.717) is 49.7 Å². The molecule has 33 heavy (non-hydrogen) atoms. The number of amides is 2. The largest absolute Gasteiger partial charge is 0.378 e. The molecule has 2 amide bonds. The molecule has 3 heterocycles. The zero-order chi connectivity index (χ0) is 22.9. The molecule has 0 radical (unpaired) electrons. The van der Waals surface area contributed by atoms with Gasteiger partial charge in [0.2, 0.25) is 0 Å². The molecule has 0 unspecified atom stereocenters. The zero-order valence-corrected chi connectivity index (χ0v) is 19.7. The maximum atomic E-state index is 13.0. The Morgan fingerprint density at radius 3 is 2.52 bits per heavy atom. The minimum atomic E-state index is -0.147. The monoisotopic (exact) mass is 471 g/mol. The highest BCUT2D eigenvalue weighted by Gasteiger charge is 2.43. The van der Waals surface area contributed by atoms with E-state index >= 15 is 0 Å². The standard InChI is InChI=1S/C24H30ClN5O3/c1-27(13-17-4-2-3-5-22(17)25)21-10-18-14-29(15-19(18)11-21)24(32)30-16-20(12-26-30)23(31)28-6-8-33-9-7-28/h2-5,12,16,18-19,21H,6-11,13-15H2,1H3/t18-,19+,21-. The number of hydrogen-bond acceptors (Lipinski definition) is 5. The van der Waals surface area contributed by atoms with Crippen molar-refractivity contribution < 1.29 is 14.3 Å². The van der Waals surface area contributed by atoms with Gasteiger partial charge in [-0.3, -0.25) is 9.69 Å². The van der Waals surface area contributed by atoms with Crippen molar-refractivity contribution in [2.24, 2.45) is 11.8 Å². The number of benzene rings is 1. The fraction of sp³-hybridized carbons (Fsp3) is 0.542. The molecule has 0 bridgehead atoms. The molecule has 5 rings (SSSR count). The molecular weight excluding hydrogens is 442 g/mol. The molecule has 3 aliphatic rings. The number of aromatic nitrogens is 2. The summed E-state index contributed by atoms with van der Waals surface area (Å²) in [5, 5.41) is 5.00. The van der Waals surface area contributed by atoms with Crippen LogP contribution in [0.5, 0.6) is 0 Å². The number of likely N-dealkylation sites (tertiary alicyclic amines) is 1. The van der Waals surface area contributed by atoms with Gasteiger partial charge in [-0.25, -0.2) is 4.79 Å². The first-order valence-electron chi connectivity index (χ1n) is 11.6. The quantitative estimate of drug-likeness (QED) is 0.685. The Hall–Kier alpha value is -2.42. The summed E-state index contributed by atoms with van der Waals surface area (Å²) >= 11 is 6.34. The minimum Gasteiger partial charge on any atom is -0.378 e. The average molecular weight is 472 g/mol. The van der Waals surface area contributed by atoms with Gasteiger partial charge in [-0.2, -0.15) is 9.78 Å². The van der Waals surface area contributed by atoms with E-state index in [1.54, 1.807) is 11.1 Å². The lowest BCUT2D eigenvalue weighted by Gasteiger charge is -2.27. The highest BCUT2D eigenvalue weighted by atomic mass is 35.5. The average Bonchev–Trinajstić information content (AvgIpc) is 3.55. The molecule has 1 saturated carbocycles. The second-order valence-corrected chi connectivity index (χ2v) is 9.82. The molecule has 176 valence electrons. The number of carbonyl (C=O) groups is 2. The van der Waals surface area contributed by atoms with E-state index in [-0.39, 0.29) is 11.9 Å². The molecule has 2 aromatic rings. The Bertz CT molecular complexity index is 1010. The van der Waals surface area contributed by atoms with Gasteiger partial charge in [0.1, 0.15) is 0 Å². The summed E-state index contributed by atoms with van der Waals surface area (Å²) in [6.45, 7) is 4.55. The number of morpholine rings is 1. The highest BCUT2D eigenvalue weighted by Crippen LogP contribution is 2.40. The van der Waals surface area contributed by atoms with E-state index in [0.717, 1.165) is 43.1 Å². The Morgan fingerprint density at radius 2 is 1.82 bits per heavy atom. The third-order valence-electron chi connectivity index (χ3n) is 7.32. The predicted molar refractivity (Wildman–Crippen MR) is 124 cm³/mol. The lowest BCUT2D eigenvalue weighted by Crippen LogP contribution is -2.40. The van der Waals surface area contributed by atoms with E-state index in [1.165, 1.54) is 10.9 Å². The molecular formula is C24H30ClN5O3. The number of fused-ring (bicyclic) bond motifs is 1. The smallest absolute Gasteiger partial charge is 0.344 e. The van der Waals surface area contributed by atoms with Crippen LogP contribution in [0.15, 0.2) is 36.7 Å². The van der Waals surface area contributed by atoms with Crippen molar-refractivity contribution in [2.45, 2.75) is 25.4 Å². The van der Waals surface area contributed by atoms with Crippen molar-refractivity contribution >= 4 is 23.5 Å². The van der Waals surface area contributed by atoms with Gasteiger partial charge in [0.25, 0.3) is 5.91 Å². The second-order valence-electron chi connectivity index (χ2n) is 9.42. The molecule has 0 N–H and O–H groups in total. The highest BCUT2D eigenvalue weighted by molar-refractivity contribution is 6.31. The SMILES string of the molecule is CN(Cc1ccccc1Cl)[C@@H]1C[C@@H]2CN(C(=O)n3cc(C(=O)N4CCOCC4)cn3)C[C@@H]2C1. The van der Waals surface area contributed by atoms with E-state index in [9.17, 15) is 9.59 Å². The van der Waals surface area contributed by atoms with Crippen LogP contribution in [0.25, 0.3) is 0 Å². The summed E-state index contributed by atoms with van der Waals surface area (Å²) in [6, 6.07) is 8.35. The van der Waals surface area contributed by atoms with Gasteiger partial charge >= 0.3 is 6.03 Å². The van der Waals surface area contributed by atoms with Crippen LogP contribution in [0.4, 0.5) is 4.79 Å². The Labute approximate surface area is 199 Å². The number of nitrogens with zero attached hydrogens (tertiary/aromatic N) is 5. The van der Waals surface area contributed by atoms with Crippen molar-refractivity contribution in [3.05, 3.63) is 52.8 Å². The maximum absolute atomic E-state index is 13.0. The Kier molecular flexibility index (Phi) is 6.40. The van der Waals surface area contributed by atoms with Gasteiger partial charge in [-0.1, -0.05) is 29.8 Å². The summed E-state index contributed by atoms with van der Waals surface area (Å²) in [4.78, 5) is 31.7. The number of ether oxygens (including phenoxy) is 1. The van der Waals surface area contributed by atoms with Crippen LogP contribution < -0.4 is 0 Å². The summed E-state index contributed by atoms with van der Waals surface area (Å²) in [5.74, 6) is 0.898. The molecule has 3 atom stereocenters. The van der Waals surface area contributed by atoms with Gasteiger partial charge in [0.05, 0.1) is 25.0 Å². The molecule has 3 fully saturated rings. The van der Waals surface area contributed by atoms with Crippen LogP contribution in [0, 0.1) is 11.8 Å². The van der Waals surface area contributed by atoms with Crippen molar-refractivity contribution in [3.8, 4) is 0 Å².